The quantitative estimate of drug-likeness (QED) is 0.451. The topological polar surface area (TPSA) is 139 Å². The Morgan fingerprint density at radius 2 is 2.10 bits per heavy atom. The van der Waals surface area contributed by atoms with E-state index >= 15 is 0 Å². The van der Waals surface area contributed by atoms with Crippen LogP contribution in [0.1, 0.15) is 5.69 Å². The van der Waals surface area contributed by atoms with Crippen LogP contribution in [-0.4, -0.2) is 62.7 Å². The average molecular weight is 409 g/mol. The van der Waals surface area contributed by atoms with E-state index in [0.29, 0.717) is 37.2 Å². The number of carbonyl (C=O) groups is 1. The number of carboxylic acid groups (broad SMARTS) is 1. The van der Waals surface area contributed by atoms with Crippen LogP contribution in [0.4, 0.5) is 11.6 Å². The molecule has 0 atom stereocenters. The van der Waals surface area contributed by atoms with E-state index in [9.17, 15) is 4.79 Å². The SMILES string of the molecule is CN(CC(=O)O)Cc1cc(-c2ncnc(Nc3cccc(OCCN)c3)n2)ccn1. The van der Waals surface area contributed by atoms with E-state index in [2.05, 4.69) is 25.3 Å². The Kier molecular flexibility index (Phi) is 7.19. The van der Waals surface area contributed by atoms with Gasteiger partial charge in [0, 0.05) is 36.6 Å². The molecule has 3 rings (SSSR count). The first kappa shape index (κ1) is 21.1. The maximum absolute atomic E-state index is 10.8. The van der Waals surface area contributed by atoms with Gasteiger partial charge in [0.15, 0.2) is 5.82 Å². The molecule has 0 unspecified atom stereocenters. The van der Waals surface area contributed by atoms with Crippen molar-refractivity contribution in [2.24, 2.45) is 5.73 Å². The molecule has 2 heterocycles. The van der Waals surface area contributed by atoms with Crippen molar-refractivity contribution in [3.63, 3.8) is 0 Å². The molecule has 156 valence electrons. The number of carboxylic acids is 1. The van der Waals surface area contributed by atoms with Crippen LogP contribution in [-0.2, 0) is 11.3 Å². The third-order valence-corrected chi connectivity index (χ3v) is 3.96. The molecule has 0 aliphatic heterocycles. The van der Waals surface area contributed by atoms with Gasteiger partial charge in [0.25, 0.3) is 0 Å². The van der Waals surface area contributed by atoms with Crippen LogP contribution < -0.4 is 15.8 Å². The molecule has 0 saturated carbocycles. The molecular weight excluding hydrogens is 386 g/mol. The van der Waals surface area contributed by atoms with E-state index in [4.69, 9.17) is 15.6 Å². The summed E-state index contributed by atoms with van der Waals surface area (Å²) in [5.74, 6) is 0.674. The van der Waals surface area contributed by atoms with Gasteiger partial charge in [-0.2, -0.15) is 4.98 Å². The number of likely N-dealkylation sites (N-methyl/N-ethyl adjacent to an activating group) is 1. The Balaban J connectivity index is 1.74. The lowest BCUT2D eigenvalue weighted by Gasteiger charge is -2.13. The van der Waals surface area contributed by atoms with Crippen molar-refractivity contribution in [3.05, 3.63) is 54.6 Å². The maximum atomic E-state index is 10.8. The zero-order valence-electron chi connectivity index (χ0n) is 16.5. The minimum Gasteiger partial charge on any atom is -0.492 e. The van der Waals surface area contributed by atoms with Crippen molar-refractivity contribution in [1.82, 2.24) is 24.8 Å². The first-order chi connectivity index (χ1) is 14.5. The minimum absolute atomic E-state index is 0.0697. The summed E-state index contributed by atoms with van der Waals surface area (Å²) < 4.78 is 5.53. The number of aliphatic carboxylic acids is 1. The number of benzene rings is 1. The molecule has 0 saturated heterocycles. The lowest BCUT2D eigenvalue weighted by molar-refractivity contribution is -0.138. The van der Waals surface area contributed by atoms with E-state index in [1.54, 1.807) is 24.2 Å². The highest BCUT2D eigenvalue weighted by Crippen LogP contribution is 2.21. The molecule has 30 heavy (non-hydrogen) atoms. The predicted octanol–water partition coefficient (Wildman–Crippen LogP) is 1.53. The van der Waals surface area contributed by atoms with Crippen molar-refractivity contribution < 1.29 is 14.6 Å². The molecule has 0 bridgehead atoms. The van der Waals surface area contributed by atoms with Crippen molar-refractivity contribution in [3.8, 4) is 17.1 Å². The number of pyridine rings is 1. The summed E-state index contributed by atoms with van der Waals surface area (Å²) in [5, 5.41) is 12.0. The molecule has 0 amide bonds. The molecule has 1 aromatic carbocycles. The Hall–Kier alpha value is -3.63. The number of anilines is 2. The Morgan fingerprint density at radius 1 is 1.23 bits per heavy atom. The molecule has 10 heteroatoms. The van der Waals surface area contributed by atoms with E-state index in [-0.39, 0.29) is 6.54 Å². The second-order valence-corrected chi connectivity index (χ2v) is 6.52. The summed E-state index contributed by atoms with van der Waals surface area (Å²) in [6, 6.07) is 11.0. The highest BCUT2D eigenvalue weighted by atomic mass is 16.5. The van der Waals surface area contributed by atoms with Crippen molar-refractivity contribution in [2.45, 2.75) is 6.54 Å². The number of rotatable bonds is 10. The van der Waals surface area contributed by atoms with Gasteiger partial charge in [0.1, 0.15) is 18.7 Å². The van der Waals surface area contributed by atoms with Crippen molar-refractivity contribution in [1.29, 1.82) is 0 Å². The lowest BCUT2D eigenvalue weighted by Crippen LogP contribution is -2.25. The summed E-state index contributed by atoms with van der Waals surface area (Å²) in [7, 11) is 1.72. The smallest absolute Gasteiger partial charge is 0.317 e. The van der Waals surface area contributed by atoms with Crippen LogP contribution in [0.2, 0.25) is 0 Å². The monoisotopic (exact) mass is 409 g/mol. The van der Waals surface area contributed by atoms with E-state index < -0.39 is 5.97 Å². The normalized spacial score (nSPS) is 10.8. The predicted molar refractivity (Wildman–Crippen MR) is 111 cm³/mol. The highest BCUT2D eigenvalue weighted by Gasteiger charge is 2.09. The summed E-state index contributed by atoms with van der Waals surface area (Å²) in [6.07, 6.45) is 3.07. The zero-order valence-corrected chi connectivity index (χ0v) is 16.5. The maximum Gasteiger partial charge on any atom is 0.317 e. The van der Waals surface area contributed by atoms with Gasteiger partial charge in [-0.15, -0.1) is 0 Å². The number of nitrogens with zero attached hydrogens (tertiary/aromatic N) is 5. The molecule has 3 aromatic rings. The second-order valence-electron chi connectivity index (χ2n) is 6.52. The second kappa shape index (κ2) is 10.2. The Morgan fingerprint density at radius 3 is 2.90 bits per heavy atom. The molecule has 0 spiro atoms. The summed E-state index contributed by atoms with van der Waals surface area (Å²) in [4.78, 5) is 29.7. The molecule has 0 fully saturated rings. The third kappa shape index (κ3) is 6.19. The van der Waals surface area contributed by atoms with Gasteiger partial charge in [-0.05, 0) is 31.3 Å². The van der Waals surface area contributed by atoms with Gasteiger partial charge in [0.05, 0.1) is 12.2 Å². The fourth-order valence-corrected chi connectivity index (χ4v) is 2.73. The summed E-state index contributed by atoms with van der Waals surface area (Å²) in [5.41, 5.74) is 7.72. The van der Waals surface area contributed by atoms with Crippen molar-refractivity contribution in [2.75, 3.05) is 32.1 Å². The van der Waals surface area contributed by atoms with Gasteiger partial charge < -0.3 is 20.9 Å². The fourth-order valence-electron chi connectivity index (χ4n) is 2.73. The largest absolute Gasteiger partial charge is 0.492 e. The number of nitrogens with two attached hydrogens (primary N) is 1. The first-order valence-corrected chi connectivity index (χ1v) is 9.28. The van der Waals surface area contributed by atoms with Crippen LogP contribution in [0, 0.1) is 0 Å². The number of ether oxygens (including phenoxy) is 1. The summed E-state index contributed by atoms with van der Waals surface area (Å²) >= 11 is 0. The van der Waals surface area contributed by atoms with Crippen LogP contribution in [0.3, 0.4) is 0 Å². The van der Waals surface area contributed by atoms with Gasteiger partial charge in [-0.1, -0.05) is 6.07 Å². The first-order valence-electron chi connectivity index (χ1n) is 9.28. The number of aromatic nitrogens is 4. The average Bonchev–Trinajstić information content (AvgIpc) is 2.72. The number of hydrogen-bond acceptors (Lipinski definition) is 9. The molecule has 4 N–H and O–H groups in total. The molecular formula is C20H23N7O3. The molecule has 10 nitrogen and oxygen atoms in total. The van der Waals surface area contributed by atoms with Crippen LogP contribution in [0.25, 0.3) is 11.4 Å². The van der Waals surface area contributed by atoms with Gasteiger partial charge in [-0.3, -0.25) is 14.7 Å². The fraction of sp³-hybridized carbons (Fsp3) is 0.250. The van der Waals surface area contributed by atoms with Crippen LogP contribution >= 0.6 is 0 Å². The van der Waals surface area contributed by atoms with Crippen LogP contribution in [0.5, 0.6) is 5.75 Å². The standard InChI is InChI=1S/C20H23N7O3/c1-27(12-18(28)29)11-16-9-14(5-7-22-16)19-23-13-24-20(26-19)25-15-3-2-4-17(10-15)30-8-6-21/h2-5,7,9-10,13H,6,8,11-12,21H2,1H3,(H,28,29)(H,23,24,25,26). The Bertz CT molecular complexity index is 999. The molecule has 0 aliphatic rings. The van der Waals surface area contributed by atoms with E-state index in [0.717, 1.165) is 16.9 Å². The minimum atomic E-state index is -0.890. The lowest BCUT2D eigenvalue weighted by atomic mass is 10.2. The summed E-state index contributed by atoms with van der Waals surface area (Å²) in [6.45, 7) is 1.20. The molecule has 0 radical (unpaired) electrons. The van der Waals surface area contributed by atoms with Crippen LogP contribution in [0.15, 0.2) is 48.9 Å². The van der Waals surface area contributed by atoms with Gasteiger partial charge >= 0.3 is 5.97 Å². The highest BCUT2D eigenvalue weighted by molar-refractivity contribution is 5.69. The zero-order chi connectivity index (χ0) is 21.3. The van der Waals surface area contributed by atoms with Gasteiger partial charge in [0.2, 0.25) is 5.95 Å². The van der Waals surface area contributed by atoms with E-state index in [1.165, 1.54) is 6.33 Å². The van der Waals surface area contributed by atoms with Gasteiger partial charge in [-0.25, -0.2) is 9.97 Å². The third-order valence-electron chi connectivity index (χ3n) is 3.96. The Labute approximate surface area is 173 Å². The van der Waals surface area contributed by atoms with E-state index in [1.807, 2.05) is 30.3 Å². The number of nitrogens with one attached hydrogen (secondary N) is 1. The number of hydrogen-bond donors (Lipinski definition) is 3. The molecule has 0 aliphatic carbocycles. The molecule has 2 aromatic heterocycles. The van der Waals surface area contributed by atoms with Crippen molar-refractivity contribution >= 4 is 17.6 Å².